The van der Waals surface area contributed by atoms with Gasteiger partial charge in [-0.05, 0) is 69.2 Å². The fourth-order valence-corrected chi connectivity index (χ4v) is 4.00. The molecule has 0 aliphatic carbocycles. The van der Waals surface area contributed by atoms with Crippen molar-refractivity contribution in [3.05, 3.63) is 54.1 Å². The second-order valence-corrected chi connectivity index (χ2v) is 8.79. The van der Waals surface area contributed by atoms with Crippen LogP contribution < -0.4 is 14.4 Å². The fraction of sp³-hybridized carbons (Fsp3) is 0.381. The molecule has 0 bridgehead atoms. The summed E-state index contributed by atoms with van der Waals surface area (Å²) in [7, 11) is -3.64. The molecular formula is C21H28N2O4S. The predicted molar refractivity (Wildman–Crippen MR) is 113 cm³/mol. The van der Waals surface area contributed by atoms with E-state index in [4.69, 9.17) is 4.74 Å². The number of sulfonamides is 1. The molecule has 0 heterocycles. The standard InChI is InChI=1S/C21H28N2O4S/c1-6-17-7-11-19(12-8-17)23(28(5,25)26)16(4)21(24)22-18-9-13-20(14-10-18)27-15(2)3/h7-16H,6H2,1-5H3,(H,22,24)/t16-/m0/s1. The van der Waals surface area contributed by atoms with E-state index in [1.807, 2.05) is 32.9 Å². The first-order valence-corrected chi connectivity index (χ1v) is 11.1. The lowest BCUT2D eigenvalue weighted by Crippen LogP contribution is -2.45. The minimum absolute atomic E-state index is 0.0582. The van der Waals surface area contributed by atoms with Gasteiger partial charge in [-0.25, -0.2) is 8.42 Å². The SMILES string of the molecule is CCc1ccc(N([C@@H](C)C(=O)Nc2ccc(OC(C)C)cc2)S(C)(=O)=O)cc1. The molecule has 1 atom stereocenters. The van der Waals surface area contributed by atoms with Crippen molar-refractivity contribution < 1.29 is 17.9 Å². The normalized spacial score (nSPS) is 12.5. The maximum atomic E-state index is 12.7. The number of nitrogens with one attached hydrogen (secondary N) is 1. The summed E-state index contributed by atoms with van der Waals surface area (Å²) in [6, 6.07) is 13.2. The van der Waals surface area contributed by atoms with Gasteiger partial charge in [0.1, 0.15) is 11.8 Å². The van der Waals surface area contributed by atoms with Crippen LogP contribution in [0.15, 0.2) is 48.5 Å². The van der Waals surface area contributed by atoms with E-state index in [0.29, 0.717) is 17.1 Å². The summed E-state index contributed by atoms with van der Waals surface area (Å²) >= 11 is 0. The van der Waals surface area contributed by atoms with Crippen molar-refractivity contribution in [3.63, 3.8) is 0 Å². The van der Waals surface area contributed by atoms with Crippen molar-refractivity contribution in [2.45, 2.75) is 46.3 Å². The van der Waals surface area contributed by atoms with Gasteiger partial charge >= 0.3 is 0 Å². The van der Waals surface area contributed by atoms with Gasteiger partial charge in [-0.2, -0.15) is 0 Å². The van der Waals surface area contributed by atoms with Gasteiger partial charge in [-0.15, -0.1) is 0 Å². The molecule has 1 N–H and O–H groups in total. The molecule has 6 nitrogen and oxygen atoms in total. The Morgan fingerprint density at radius 1 is 1.04 bits per heavy atom. The van der Waals surface area contributed by atoms with Gasteiger partial charge in [-0.3, -0.25) is 9.10 Å². The van der Waals surface area contributed by atoms with Crippen LogP contribution in [0.2, 0.25) is 0 Å². The number of hydrogen-bond donors (Lipinski definition) is 1. The third-order valence-corrected chi connectivity index (χ3v) is 5.42. The molecular weight excluding hydrogens is 376 g/mol. The first-order chi connectivity index (χ1) is 13.1. The van der Waals surface area contributed by atoms with Crippen LogP contribution in [-0.2, 0) is 21.2 Å². The van der Waals surface area contributed by atoms with Crippen molar-refractivity contribution >= 4 is 27.3 Å². The van der Waals surface area contributed by atoms with E-state index in [9.17, 15) is 13.2 Å². The highest BCUT2D eigenvalue weighted by Crippen LogP contribution is 2.23. The van der Waals surface area contributed by atoms with Gasteiger partial charge < -0.3 is 10.1 Å². The Kier molecular flexibility index (Phi) is 7.07. The summed E-state index contributed by atoms with van der Waals surface area (Å²) in [6.07, 6.45) is 2.01. The number of benzene rings is 2. The molecule has 2 aromatic rings. The van der Waals surface area contributed by atoms with Crippen molar-refractivity contribution in [2.75, 3.05) is 15.9 Å². The number of rotatable bonds is 8. The Morgan fingerprint density at radius 3 is 2.07 bits per heavy atom. The van der Waals surface area contributed by atoms with Crippen molar-refractivity contribution in [3.8, 4) is 5.75 Å². The lowest BCUT2D eigenvalue weighted by molar-refractivity contribution is -0.116. The lowest BCUT2D eigenvalue weighted by atomic mass is 10.1. The summed E-state index contributed by atoms with van der Waals surface area (Å²) < 4.78 is 31.4. The third-order valence-electron chi connectivity index (χ3n) is 4.18. The molecule has 2 rings (SSSR count). The minimum atomic E-state index is -3.64. The van der Waals surface area contributed by atoms with Crippen LogP contribution in [0, 0.1) is 0 Å². The van der Waals surface area contributed by atoms with Crippen LogP contribution in [0.3, 0.4) is 0 Å². The summed E-state index contributed by atoms with van der Waals surface area (Å²) in [6.45, 7) is 7.46. The Hall–Kier alpha value is -2.54. The van der Waals surface area contributed by atoms with Gasteiger partial charge in [0, 0.05) is 5.69 Å². The highest BCUT2D eigenvalue weighted by Gasteiger charge is 2.29. The fourth-order valence-electron chi connectivity index (χ4n) is 2.82. The van der Waals surface area contributed by atoms with Crippen LogP contribution in [0.1, 0.15) is 33.3 Å². The summed E-state index contributed by atoms with van der Waals surface area (Å²) in [5.74, 6) is 0.289. The van der Waals surface area contributed by atoms with E-state index in [-0.39, 0.29) is 6.10 Å². The van der Waals surface area contributed by atoms with E-state index in [0.717, 1.165) is 22.5 Å². The zero-order chi connectivity index (χ0) is 20.9. The van der Waals surface area contributed by atoms with Crippen LogP contribution in [0.25, 0.3) is 0 Å². The third kappa shape index (κ3) is 5.73. The van der Waals surface area contributed by atoms with Crippen molar-refractivity contribution in [1.29, 1.82) is 0 Å². The molecule has 1 amide bonds. The number of amides is 1. The van der Waals surface area contributed by atoms with Gasteiger partial charge in [0.25, 0.3) is 0 Å². The van der Waals surface area contributed by atoms with Gasteiger partial charge in [0.05, 0.1) is 18.0 Å². The Bertz CT molecular complexity index is 891. The van der Waals surface area contributed by atoms with E-state index >= 15 is 0 Å². The van der Waals surface area contributed by atoms with E-state index < -0.39 is 22.0 Å². The maximum Gasteiger partial charge on any atom is 0.247 e. The molecule has 0 aliphatic rings. The largest absolute Gasteiger partial charge is 0.491 e. The highest BCUT2D eigenvalue weighted by atomic mass is 32.2. The molecule has 0 saturated carbocycles. The molecule has 0 fully saturated rings. The zero-order valence-electron chi connectivity index (χ0n) is 17.0. The van der Waals surface area contributed by atoms with E-state index in [1.54, 1.807) is 43.3 Å². The van der Waals surface area contributed by atoms with E-state index in [2.05, 4.69) is 5.32 Å². The van der Waals surface area contributed by atoms with Crippen molar-refractivity contribution in [1.82, 2.24) is 0 Å². The predicted octanol–water partition coefficient (Wildman–Crippen LogP) is 3.83. The summed E-state index contributed by atoms with van der Waals surface area (Å²) in [4.78, 5) is 12.7. The monoisotopic (exact) mass is 404 g/mol. The maximum absolute atomic E-state index is 12.7. The molecule has 0 spiro atoms. The second-order valence-electron chi connectivity index (χ2n) is 6.94. The number of carbonyl (C=O) groups excluding carboxylic acids is 1. The molecule has 0 aromatic heterocycles. The quantitative estimate of drug-likeness (QED) is 0.725. The van der Waals surface area contributed by atoms with Crippen LogP contribution in [0.4, 0.5) is 11.4 Å². The van der Waals surface area contributed by atoms with Crippen LogP contribution in [0.5, 0.6) is 5.75 Å². The highest BCUT2D eigenvalue weighted by molar-refractivity contribution is 7.92. The first-order valence-electron chi connectivity index (χ1n) is 9.27. The molecule has 0 saturated heterocycles. The second kappa shape index (κ2) is 9.10. The van der Waals surface area contributed by atoms with Gasteiger partial charge in [0.15, 0.2) is 0 Å². The lowest BCUT2D eigenvalue weighted by Gasteiger charge is -2.28. The molecule has 7 heteroatoms. The first kappa shape index (κ1) is 21.8. The number of anilines is 2. The topological polar surface area (TPSA) is 75.7 Å². The zero-order valence-corrected chi connectivity index (χ0v) is 17.8. The Labute approximate surface area is 167 Å². The van der Waals surface area contributed by atoms with Gasteiger partial charge in [-0.1, -0.05) is 19.1 Å². The van der Waals surface area contributed by atoms with Crippen LogP contribution in [-0.4, -0.2) is 32.7 Å². The van der Waals surface area contributed by atoms with E-state index in [1.165, 1.54) is 0 Å². The molecule has 28 heavy (non-hydrogen) atoms. The molecule has 0 aliphatic heterocycles. The number of carbonyl (C=O) groups is 1. The number of nitrogens with zero attached hydrogens (tertiary/aromatic N) is 1. The average Bonchev–Trinajstić information content (AvgIpc) is 2.62. The summed E-state index contributed by atoms with van der Waals surface area (Å²) in [5, 5.41) is 2.77. The smallest absolute Gasteiger partial charge is 0.247 e. The van der Waals surface area contributed by atoms with Crippen molar-refractivity contribution in [2.24, 2.45) is 0 Å². The van der Waals surface area contributed by atoms with Gasteiger partial charge in [0.2, 0.25) is 15.9 Å². The number of hydrogen-bond acceptors (Lipinski definition) is 4. The van der Waals surface area contributed by atoms with Crippen LogP contribution >= 0.6 is 0 Å². The summed E-state index contributed by atoms with van der Waals surface area (Å²) in [5.41, 5.74) is 2.13. The number of aryl methyl sites for hydroxylation is 1. The number of ether oxygens (including phenoxy) is 1. The molecule has 152 valence electrons. The molecule has 0 unspecified atom stereocenters. The Balaban J connectivity index is 2.19. The average molecular weight is 405 g/mol. The minimum Gasteiger partial charge on any atom is -0.491 e. The molecule has 0 radical (unpaired) electrons. The molecule has 2 aromatic carbocycles. The Morgan fingerprint density at radius 2 is 1.61 bits per heavy atom.